The van der Waals surface area contributed by atoms with E-state index in [2.05, 4.69) is 4.98 Å². The summed E-state index contributed by atoms with van der Waals surface area (Å²) in [6.07, 6.45) is -4.02. The molecule has 5 heteroatoms. The highest BCUT2D eigenvalue weighted by molar-refractivity contribution is 5.82. The number of halogens is 3. The Labute approximate surface area is 156 Å². The van der Waals surface area contributed by atoms with Crippen LogP contribution in [-0.4, -0.2) is 16.3 Å². The number of aliphatic hydroxyl groups is 1. The van der Waals surface area contributed by atoms with E-state index < -0.39 is 23.6 Å². The van der Waals surface area contributed by atoms with Gasteiger partial charge in [0.2, 0.25) is 0 Å². The van der Waals surface area contributed by atoms with Crippen LogP contribution in [0.5, 0.6) is 0 Å². The second-order valence-corrected chi connectivity index (χ2v) is 7.66. The van der Waals surface area contributed by atoms with E-state index in [4.69, 9.17) is 0 Å². The van der Waals surface area contributed by atoms with Crippen molar-refractivity contribution in [1.29, 1.82) is 0 Å². The Morgan fingerprint density at radius 2 is 1.56 bits per heavy atom. The van der Waals surface area contributed by atoms with Crippen LogP contribution in [0.3, 0.4) is 0 Å². The molecule has 0 aliphatic rings. The summed E-state index contributed by atoms with van der Waals surface area (Å²) in [7, 11) is 0. The summed E-state index contributed by atoms with van der Waals surface area (Å²) in [4.78, 5) is 4.12. The fourth-order valence-electron chi connectivity index (χ4n) is 3.55. The first-order valence-electron chi connectivity index (χ1n) is 8.75. The Bertz CT molecular complexity index is 942. The van der Waals surface area contributed by atoms with Crippen LogP contribution in [0, 0.1) is 6.92 Å². The minimum atomic E-state index is -4.83. The summed E-state index contributed by atoms with van der Waals surface area (Å²) in [6.45, 7) is 5.36. The van der Waals surface area contributed by atoms with Crippen molar-refractivity contribution in [2.75, 3.05) is 0 Å². The average Bonchev–Trinajstić information content (AvgIpc) is 2.60. The Hall–Kier alpha value is -2.40. The highest BCUT2D eigenvalue weighted by atomic mass is 19.4. The molecule has 0 saturated heterocycles. The lowest BCUT2D eigenvalue weighted by Crippen LogP contribution is -2.46. The summed E-state index contributed by atoms with van der Waals surface area (Å²) >= 11 is 0. The van der Waals surface area contributed by atoms with Crippen LogP contribution in [0.25, 0.3) is 10.9 Å². The third-order valence-corrected chi connectivity index (χ3v) is 5.09. The number of pyridine rings is 1. The number of para-hydroxylation sites is 1. The molecule has 2 aromatic carbocycles. The first-order valence-corrected chi connectivity index (χ1v) is 8.75. The average molecular weight is 373 g/mol. The molecule has 2 nitrogen and oxygen atoms in total. The van der Waals surface area contributed by atoms with Gasteiger partial charge in [-0.2, -0.15) is 13.2 Å². The monoisotopic (exact) mass is 373 g/mol. The molecule has 3 aromatic rings. The number of aryl methyl sites for hydroxylation is 1. The quantitative estimate of drug-likeness (QED) is 0.640. The van der Waals surface area contributed by atoms with Crippen LogP contribution in [0.15, 0.2) is 60.8 Å². The zero-order chi connectivity index (χ0) is 19.9. The number of benzene rings is 2. The Balaban J connectivity index is 2.14. The van der Waals surface area contributed by atoms with Gasteiger partial charge in [-0.15, -0.1) is 0 Å². The van der Waals surface area contributed by atoms with Gasteiger partial charge in [-0.25, -0.2) is 0 Å². The Morgan fingerprint density at radius 3 is 2.19 bits per heavy atom. The number of aromatic nitrogens is 1. The topological polar surface area (TPSA) is 33.1 Å². The molecule has 3 rings (SSSR count). The molecule has 0 saturated carbocycles. The van der Waals surface area contributed by atoms with Crippen LogP contribution in [-0.2, 0) is 11.0 Å². The normalized spacial score (nSPS) is 14.9. The SMILES string of the molecule is Cc1ccc(C(C)(C)CC(O)(c2ccnc3ccccc23)C(F)(F)F)cc1. The number of fused-ring (bicyclic) bond motifs is 1. The standard InChI is InChI=1S/C22H22F3NO/c1-15-8-10-16(11-9-15)20(2,3)14-21(27,22(23,24)25)18-12-13-26-19-7-5-4-6-17(18)19/h4-13,27H,14H2,1-3H3. The number of hydrogen-bond acceptors (Lipinski definition) is 2. The molecular weight excluding hydrogens is 351 g/mol. The maximum atomic E-state index is 14.2. The third kappa shape index (κ3) is 3.56. The summed E-state index contributed by atoms with van der Waals surface area (Å²) in [5.41, 5.74) is -1.87. The van der Waals surface area contributed by atoms with Crippen molar-refractivity contribution in [3.8, 4) is 0 Å². The van der Waals surface area contributed by atoms with E-state index in [-0.39, 0.29) is 5.56 Å². The zero-order valence-corrected chi connectivity index (χ0v) is 15.5. The first kappa shape index (κ1) is 19.4. The van der Waals surface area contributed by atoms with Crippen molar-refractivity contribution >= 4 is 10.9 Å². The molecular formula is C22H22F3NO. The van der Waals surface area contributed by atoms with E-state index in [0.29, 0.717) is 10.9 Å². The van der Waals surface area contributed by atoms with Gasteiger partial charge in [0.1, 0.15) is 0 Å². The summed E-state index contributed by atoms with van der Waals surface area (Å²) in [5.74, 6) is 0. The number of alkyl halides is 3. The maximum absolute atomic E-state index is 14.2. The zero-order valence-electron chi connectivity index (χ0n) is 15.5. The largest absolute Gasteiger partial charge is 0.421 e. The first-order chi connectivity index (χ1) is 12.5. The van der Waals surface area contributed by atoms with E-state index in [1.807, 2.05) is 31.2 Å². The molecule has 1 atom stereocenters. The van der Waals surface area contributed by atoms with E-state index in [9.17, 15) is 18.3 Å². The Kier molecular flexibility index (Phi) is 4.76. The predicted molar refractivity (Wildman–Crippen MR) is 101 cm³/mol. The fraction of sp³-hybridized carbons (Fsp3) is 0.318. The molecule has 142 valence electrons. The second kappa shape index (κ2) is 6.64. The second-order valence-electron chi connectivity index (χ2n) is 7.66. The van der Waals surface area contributed by atoms with Gasteiger partial charge in [-0.3, -0.25) is 4.98 Å². The van der Waals surface area contributed by atoms with E-state index in [1.165, 1.54) is 12.3 Å². The highest BCUT2D eigenvalue weighted by Crippen LogP contribution is 2.48. The molecule has 0 bridgehead atoms. The summed E-state index contributed by atoms with van der Waals surface area (Å²) < 4.78 is 42.5. The van der Waals surface area contributed by atoms with E-state index >= 15 is 0 Å². The van der Waals surface area contributed by atoms with Crippen molar-refractivity contribution in [2.45, 2.75) is 44.4 Å². The minimum absolute atomic E-state index is 0.166. The van der Waals surface area contributed by atoms with Gasteiger partial charge in [0.25, 0.3) is 0 Å². The van der Waals surface area contributed by atoms with Crippen molar-refractivity contribution in [1.82, 2.24) is 4.98 Å². The van der Waals surface area contributed by atoms with Crippen molar-refractivity contribution < 1.29 is 18.3 Å². The minimum Gasteiger partial charge on any atom is -0.376 e. The number of rotatable bonds is 4. The molecule has 0 spiro atoms. The molecule has 1 heterocycles. The van der Waals surface area contributed by atoms with Gasteiger partial charge in [0, 0.05) is 17.1 Å². The third-order valence-electron chi connectivity index (χ3n) is 5.09. The van der Waals surface area contributed by atoms with Crippen LogP contribution in [0.2, 0.25) is 0 Å². The van der Waals surface area contributed by atoms with Gasteiger partial charge in [-0.1, -0.05) is 61.9 Å². The molecule has 27 heavy (non-hydrogen) atoms. The van der Waals surface area contributed by atoms with Gasteiger partial charge in [0.05, 0.1) is 5.52 Å². The number of nitrogens with zero attached hydrogens (tertiary/aromatic N) is 1. The smallest absolute Gasteiger partial charge is 0.376 e. The molecule has 1 aromatic heterocycles. The van der Waals surface area contributed by atoms with Crippen LogP contribution >= 0.6 is 0 Å². The summed E-state index contributed by atoms with van der Waals surface area (Å²) in [6, 6.07) is 15.2. The van der Waals surface area contributed by atoms with E-state index in [1.54, 1.807) is 38.1 Å². The molecule has 0 amide bonds. The molecule has 0 radical (unpaired) electrons. The lowest BCUT2D eigenvalue weighted by molar-refractivity contribution is -0.273. The van der Waals surface area contributed by atoms with Crippen LogP contribution < -0.4 is 0 Å². The van der Waals surface area contributed by atoms with Crippen LogP contribution in [0.1, 0.15) is 37.0 Å². The molecule has 0 aliphatic carbocycles. The van der Waals surface area contributed by atoms with Gasteiger partial charge >= 0.3 is 6.18 Å². The van der Waals surface area contributed by atoms with Crippen molar-refractivity contribution in [3.63, 3.8) is 0 Å². The highest BCUT2D eigenvalue weighted by Gasteiger charge is 2.57. The fourth-order valence-corrected chi connectivity index (χ4v) is 3.55. The van der Waals surface area contributed by atoms with Gasteiger partial charge in [-0.05, 0) is 36.5 Å². The van der Waals surface area contributed by atoms with Crippen molar-refractivity contribution in [3.05, 3.63) is 77.5 Å². The lowest BCUT2D eigenvalue weighted by atomic mass is 9.72. The van der Waals surface area contributed by atoms with Crippen molar-refractivity contribution in [2.24, 2.45) is 0 Å². The predicted octanol–water partition coefficient (Wildman–Crippen LogP) is 5.66. The molecule has 0 fully saturated rings. The maximum Gasteiger partial charge on any atom is 0.421 e. The number of hydrogen-bond donors (Lipinski definition) is 1. The lowest BCUT2D eigenvalue weighted by Gasteiger charge is -2.38. The van der Waals surface area contributed by atoms with Crippen LogP contribution in [0.4, 0.5) is 13.2 Å². The Morgan fingerprint density at radius 1 is 0.926 bits per heavy atom. The van der Waals surface area contributed by atoms with Gasteiger partial charge < -0.3 is 5.11 Å². The summed E-state index contributed by atoms with van der Waals surface area (Å²) in [5, 5.41) is 11.3. The molecule has 1 N–H and O–H groups in total. The molecule has 1 unspecified atom stereocenters. The molecule has 0 aliphatic heterocycles. The van der Waals surface area contributed by atoms with Gasteiger partial charge in [0.15, 0.2) is 5.60 Å². The van der Waals surface area contributed by atoms with E-state index in [0.717, 1.165) is 11.1 Å².